The Labute approximate surface area is 91.7 Å². The Balaban J connectivity index is 2.22. The smallest absolute Gasteiger partial charge is 0.0971 e. The topological polar surface area (TPSA) is 47.3 Å². The van der Waals surface area contributed by atoms with Crippen molar-refractivity contribution in [3.8, 4) is 6.07 Å². The first-order valence-corrected chi connectivity index (χ1v) is 5.94. The highest BCUT2D eigenvalue weighted by Crippen LogP contribution is 2.48. The summed E-state index contributed by atoms with van der Waals surface area (Å²) in [5.74, 6) is 0. The highest BCUT2D eigenvalue weighted by atomic mass is 16.3. The van der Waals surface area contributed by atoms with Gasteiger partial charge in [-0.3, -0.25) is 0 Å². The molecule has 1 unspecified atom stereocenters. The Morgan fingerprint density at radius 3 is 2.33 bits per heavy atom. The molecule has 0 radical (unpaired) electrons. The van der Waals surface area contributed by atoms with Crippen molar-refractivity contribution in [3.05, 3.63) is 0 Å². The third-order valence-electron chi connectivity index (χ3n) is 4.25. The lowest BCUT2D eigenvalue weighted by molar-refractivity contribution is -0.0618. The number of rotatable bonds is 1. The van der Waals surface area contributed by atoms with Crippen molar-refractivity contribution in [2.24, 2.45) is 5.41 Å². The molecular weight excluding hydrogens is 188 g/mol. The average Bonchev–Trinajstić information content (AvgIpc) is 2.61. The molecule has 1 atom stereocenters. The van der Waals surface area contributed by atoms with Crippen LogP contribution in [0.5, 0.6) is 0 Å². The predicted octanol–water partition coefficient (Wildman–Crippen LogP) is 1.53. The van der Waals surface area contributed by atoms with E-state index < -0.39 is 11.0 Å². The minimum absolute atomic E-state index is 0.462. The van der Waals surface area contributed by atoms with Gasteiger partial charge in [-0.25, -0.2) is 0 Å². The van der Waals surface area contributed by atoms with Crippen LogP contribution >= 0.6 is 0 Å². The van der Waals surface area contributed by atoms with E-state index in [1.165, 1.54) is 6.42 Å². The third-order valence-corrected chi connectivity index (χ3v) is 4.25. The molecule has 0 amide bonds. The van der Waals surface area contributed by atoms with E-state index in [9.17, 15) is 10.4 Å². The Morgan fingerprint density at radius 1 is 1.20 bits per heavy atom. The van der Waals surface area contributed by atoms with E-state index in [2.05, 4.69) is 11.0 Å². The number of nitrogens with zero attached hydrogens (tertiary/aromatic N) is 2. The van der Waals surface area contributed by atoms with E-state index in [-0.39, 0.29) is 0 Å². The van der Waals surface area contributed by atoms with Gasteiger partial charge in [0.05, 0.1) is 17.1 Å². The van der Waals surface area contributed by atoms with Gasteiger partial charge < -0.3 is 10.0 Å². The van der Waals surface area contributed by atoms with Gasteiger partial charge in [0, 0.05) is 13.1 Å². The van der Waals surface area contributed by atoms with Crippen molar-refractivity contribution in [3.63, 3.8) is 0 Å². The molecule has 0 aromatic carbocycles. The van der Waals surface area contributed by atoms with E-state index in [4.69, 9.17) is 0 Å². The molecule has 0 aromatic rings. The summed E-state index contributed by atoms with van der Waals surface area (Å²) in [5, 5.41) is 20.1. The first kappa shape index (κ1) is 10.9. The van der Waals surface area contributed by atoms with Gasteiger partial charge in [0.25, 0.3) is 0 Å². The molecular formula is C12H20N2O. The molecule has 1 aliphatic carbocycles. The van der Waals surface area contributed by atoms with Crippen molar-refractivity contribution in [1.82, 2.24) is 4.90 Å². The van der Waals surface area contributed by atoms with E-state index in [1.807, 2.05) is 7.05 Å². The molecule has 0 bridgehead atoms. The molecule has 2 aliphatic rings. The maximum atomic E-state index is 10.7. The first-order valence-electron chi connectivity index (χ1n) is 5.94. The zero-order valence-electron chi connectivity index (χ0n) is 9.50. The Kier molecular flexibility index (Phi) is 2.74. The number of aliphatic hydroxyl groups is 1. The molecule has 0 aromatic heterocycles. The largest absolute Gasteiger partial charge is 0.387 e. The molecule has 1 heterocycles. The molecule has 0 spiro atoms. The third kappa shape index (κ3) is 1.66. The SMILES string of the molecule is CN1CCC(O)(C2(C#N)CCCCC2)C1. The van der Waals surface area contributed by atoms with E-state index in [0.717, 1.165) is 38.6 Å². The average molecular weight is 208 g/mol. The van der Waals surface area contributed by atoms with Gasteiger partial charge in [-0.1, -0.05) is 19.3 Å². The van der Waals surface area contributed by atoms with Crippen LogP contribution in [0, 0.1) is 16.7 Å². The molecule has 1 N–H and O–H groups in total. The Hall–Kier alpha value is -0.590. The molecule has 1 saturated carbocycles. The lowest BCUT2D eigenvalue weighted by Crippen LogP contribution is -2.50. The molecule has 84 valence electrons. The van der Waals surface area contributed by atoms with Crippen LogP contribution in [-0.2, 0) is 0 Å². The summed E-state index contributed by atoms with van der Waals surface area (Å²) in [6.07, 6.45) is 5.94. The number of likely N-dealkylation sites (N-methyl/N-ethyl adjacent to an activating group) is 1. The second-order valence-corrected chi connectivity index (χ2v) is 5.27. The van der Waals surface area contributed by atoms with Crippen molar-refractivity contribution < 1.29 is 5.11 Å². The van der Waals surface area contributed by atoms with Crippen molar-refractivity contribution in [1.29, 1.82) is 5.26 Å². The molecule has 2 rings (SSSR count). The zero-order valence-corrected chi connectivity index (χ0v) is 9.50. The van der Waals surface area contributed by atoms with Gasteiger partial charge in [0.15, 0.2) is 0 Å². The standard InChI is InChI=1S/C12H20N2O/c1-14-8-7-12(15,10-14)11(9-13)5-3-2-4-6-11/h15H,2-8,10H2,1H3. The first-order chi connectivity index (χ1) is 7.12. The maximum Gasteiger partial charge on any atom is 0.0971 e. The summed E-state index contributed by atoms with van der Waals surface area (Å²) in [7, 11) is 2.02. The summed E-state index contributed by atoms with van der Waals surface area (Å²) < 4.78 is 0. The number of hydrogen-bond acceptors (Lipinski definition) is 3. The van der Waals surface area contributed by atoms with Crippen LogP contribution in [0.4, 0.5) is 0 Å². The van der Waals surface area contributed by atoms with Crippen LogP contribution in [0.25, 0.3) is 0 Å². The minimum Gasteiger partial charge on any atom is -0.387 e. The second-order valence-electron chi connectivity index (χ2n) is 5.27. The molecule has 3 nitrogen and oxygen atoms in total. The monoisotopic (exact) mass is 208 g/mol. The Morgan fingerprint density at radius 2 is 1.87 bits per heavy atom. The van der Waals surface area contributed by atoms with Crippen LogP contribution in [0.2, 0.25) is 0 Å². The fourth-order valence-corrected chi connectivity index (χ4v) is 3.21. The fourth-order valence-electron chi connectivity index (χ4n) is 3.21. The minimum atomic E-state index is -0.753. The number of β-amino-alcohol motifs (C(OH)–C–C–N with tert-alkyl or cyclic N) is 1. The molecule has 15 heavy (non-hydrogen) atoms. The van der Waals surface area contributed by atoms with Crippen molar-refractivity contribution in [2.45, 2.75) is 44.1 Å². The van der Waals surface area contributed by atoms with Gasteiger partial charge >= 0.3 is 0 Å². The molecule has 3 heteroatoms. The van der Waals surface area contributed by atoms with E-state index >= 15 is 0 Å². The number of hydrogen-bond donors (Lipinski definition) is 1. The normalized spacial score (nSPS) is 36.3. The van der Waals surface area contributed by atoms with Crippen molar-refractivity contribution >= 4 is 0 Å². The Bertz CT molecular complexity index is 278. The van der Waals surface area contributed by atoms with Crippen LogP contribution in [0.15, 0.2) is 0 Å². The predicted molar refractivity (Wildman–Crippen MR) is 58.2 cm³/mol. The van der Waals surface area contributed by atoms with Gasteiger partial charge in [-0.15, -0.1) is 0 Å². The lowest BCUT2D eigenvalue weighted by Gasteiger charge is -2.42. The quantitative estimate of drug-likeness (QED) is 0.711. The number of nitriles is 1. The second kappa shape index (κ2) is 3.77. The molecule has 2 fully saturated rings. The van der Waals surface area contributed by atoms with Gasteiger partial charge in [0.1, 0.15) is 0 Å². The summed E-state index contributed by atoms with van der Waals surface area (Å²) >= 11 is 0. The van der Waals surface area contributed by atoms with Crippen molar-refractivity contribution in [2.75, 3.05) is 20.1 Å². The highest BCUT2D eigenvalue weighted by Gasteiger charge is 2.53. The van der Waals surface area contributed by atoms with Crippen LogP contribution in [0.1, 0.15) is 38.5 Å². The van der Waals surface area contributed by atoms with Crippen LogP contribution < -0.4 is 0 Å². The van der Waals surface area contributed by atoms with Gasteiger partial charge in [0.2, 0.25) is 0 Å². The van der Waals surface area contributed by atoms with E-state index in [0.29, 0.717) is 6.54 Å². The summed E-state index contributed by atoms with van der Waals surface area (Å²) in [6, 6.07) is 2.44. The summed E-state index contributed by atoms with van der Waals surface area (Å²) in [6.45, 7) is 1.58. The summed E-state index contributed by atoms with van der Waals surface area (Å²) in [5.41, 5.74) is -1.22. The van der Waals surface area contributed by atoms with Gasteiger partial charge in [-0.2, -0.15) is 5.26 Å². The van der Waals surface area contributed by atoms with Crippen LogP contribution in [-0.4, -0.2) is 35.7 Å². The highest BCUT2D eigenvalue weighted by molar-refractivity contribution is 5.15. The summed E-state index contributed by atoms with van der Waals surface area (Å²) in [4.78, 5) is 2.13. The van der Waals surface area contributed by atoms with Gasteiger partial charge in [-0.05, 0) is 26.3 Å². The fraction of sp³-hybridized carbons (Fsp3) is 0.917. The lowest BCUT2D eigenvalue weighted by atomic mass is 9.63. The molecule has 1 saturated heterocycles. The van der Waals surface area contributed by atoms with E-state index in [1.54, 1.807) is 0 Å². The number of likely N-dealkylation sites (tertiary alicyclic amines) is 1. The van der Waals surface area contributed by atoms with Crippen LogP contribution in [0.3, 0.4) is 0 Å². The zero-order chi connectivity index (χ0) is 10.9. The molecule has 1 aliphatic heterocycles. The maximum absolute atomic E-state index is 10.7.